The Morgan fingerprint density at radius 2 is 1.71 bits per heavy atom. The van der Waals surface area contributed by atoms with Crippen LogP contribution in [0.15, 0.2) is 30.9 Å². The summed E-state index contributed by atoms with van der Waals surface area (Å²) in [7, 11) is 0. The van der Waals surface area contributed by atoms with Crippen molar-refractivity contribution in [1.82, 2.24) is 0 Å². The molecule has 108 valence electrons. The molecular weight excluding hydrogens is 270 g/mol. The van der Waals surface area contributed by atoms with Crippen molar-refractivity contribution < 1.29 is 14.0 Å². The van der Waals surface area contributed by atoms with Gasteiger partial charge in [-0.3, -0.25) is 0 Å². The highest BCUT2D eigenvalue weighted by Crippen LogP contribution is 2.34. The van der Waals surface area contributed by atoms with Crippen molar-refractivity contribution in [2.75, 3.05) is 0 Å². The van der Waals surface area contributed by atoms with E-state index in [0.717, 1.165) is 27.5 Å². The summed E-state index contributed by atoms with van der Waals surface area (Å²) in [5.41, 5.74) is 3.74. The molecule has 1 aromatic carbocycles. The molecule has 2 heterocycles. The summed E-state index contributed by atoms with van der Waals surface area (Å²) in [4.78, 5) is 11.6. The number of hydrogen-bond acceptors (Lipinski definition) is 5. The molecule has 0 spiro atoms. The van der Waals surface area contributed by atoms with Crippen LogP contribution in [0.3, 0.4) is 0 Å². The van der Waals surface area contributed by atoms with Crippen LogP contribution in [-0.2, 0) is 0 Å². The van der Waals surface area contributed by atoms with Crippen LogP contribution in [0.25, 0.3) is 21.9 Å². The molecule has 3 rings (SSSR count). The van der Waals surface area contributed by atoms with Crippen LogP contribution >= 0.6 is 0 Å². The molecule has 3 aromatic rings. The van der Waals surface area contributed by atoms with E-state index in [1.165, 1.54) is 6.07 Å². The van der Waals surface area contributed by atoms with Crippen LogP contribution in [0.2, 0.25) is 0 Å². The third-order valence-electron chi connectivity index (χ3n) is 3.85. The van der Waals surface area contributed by atoms with Gasteiger partial charge >= 0.3 is 5.63 Å². The van der Waals surface area contributed by atoms with Gasteiger partial charge in [-0.05, 0) is 39.3 Å². The predicted molar refractivity (Wildman–Crippen MR) is 80.5 cm³/mol. The fourth-order valence-corrected chi connectivity index (χ4v) is 2.69. The summed E-state index contributed by atoms with van der Waals surface area (Å²) in [5, 5.41) is 13.9. The molecule has 0 saturated heterocycles. The minimum atomic E-state index is -0.376. The Bertz CT molecular complexity index is 960. The number of oxime groups is 1. The first-order valence-electron chi connectivity index (χ1n) is 6.60. The van der Waals surface area contributed by atoms with Crippen LogP contribution < -0.4 is 5.63 Å². The van der Waals surface area contributed by atoms with Crippen molar-refractivity contribution in [2.24, 2.45) is 5.16 Å². The first kappa shape index (κ1) is 13.4. The molecule has 5 nitrogen and oxygen atoms in total. The summed E-state index contributed by atoms with van der Waals surface area (Å²) >= 11 is 0. The molecule has 0 bridgehead atoms. The fourth-order valence-electron chi connectivity index (χ4n) is 2.69. The molecule has 0 aliphatic rings. The third-order valence-corrected chi connectivity index (χ3v) is 3.85. The van der Waals surface area contributed by atoms with Gasteiger partial charge in [-0.15, -0.1) is 0 Å². The zero-order valence-electron chi connectivity index (χ0n) is 12.3. The van der Waals surface area contributed by atoms with Gasteiger partial charge in [-0.2, -0.15) is 0 Å². The maximum Gasteiger partial charge on any atom is 0.336 e. The fraction of sp³-hybridized carbons (Fsp3) is 0.250. The molecule has 0 saturated carbocycles. The molecule has 0 aliphatic heterocycles. The minimum absolute atomic E-state index is 0.376. The van der Waals surface area contributed by atoms with Crippen LogP contribution in [0, 0.1) is 20.8 Å². The third kappa shape index (κ3) is 1.85. The van der Waals surface area contributed by atoms with Gasteiger partial charge in [0.15, 0.2) is 5.76 Å². The number of fused-ring (bicyclic) bond motifs is 2. The lowest BCUT2D eigenvalue weighted by Gasteiger charge is -2.04. The molecule has 21 heavy (non-hydrogen) atoms. The summed E-state index contributed by atoms with van der Waals surface area (Å²) in [6.45, 7) is 7.31. The quantitative estimate of drug-likeness (QED) is 0.320. The molecule has 0 atom stereocenters. The standard InChI is InChI=1S/C16H15NO4/c1-7-5-13(18)20-15-9(3)16-12(6-11(7)15)8(2)14(21-16)10(4)17-19/h5-6,19H,1-4H3/b17-10-. The second kappa shape index (κ2) is 4.48. The van der Waals surface area contributed by atoms with Gasteiger partial charge in [-0.1, -0.05) is 5.16 Å². The smallest absolute Gasteiger partial charge is 0.336 e. The molecule has 1 N–H and O–H groups in total. The largest absolute Gasteiger partial charge is 0.454 e. The van der Waals surface area contributed by atoms with E-state index < -0.39 is 0 Å². The molecule has 0 aliphatic carbocycles. The van der Waals surface area contributed by atoms with Crippen molar-refractivity contribution >= 4 is 27.7 Å². The lowest BCUT2D eigenvalue weighted by atomic mass is 10.0. The summed E-state index contributed by atoms with van der Waals surface area (Å²) in [6.07, 6.45) is 0. The SMILES string of the molecule is C/C(=N/O)c1oc2c(C)c3oc(=O)cc(C)c3cc2c1C. The minimum Gasteiger partial charge on any atom is -0.454 e. The van der Waals surface area contributed by atoms with E-state index in [4.69, 9.17) is 14.0 Å². The Morgan fingerprint density at radius 3 is 2.38 bits per heavy atom. The van der Waals surface area contributed by atoms with Crippen molar-refractivity contribution in [1.29, 1.82) is 0 Å². The van der Waals surface area contributed by atoms with Gasteiger partial charge in [-0.25, -0.2) is 4.79 Å². The van der Waals surface area contributed by atoms with Gasteiger partial charge in [0.25, 0.3) is 0 Å². The van der Waals surface area contributed by atoms with Crippen LogP contribution in [0.1, 0.15) is 29.4 Å². The number of benzene rings is 1. The van der Waals surface area contributed by atoms with E-state index >= 15 is 0 Å². The zero-order chi connectivity index (χ0) is 15.3. The summed E-state index contributed by atoms with van der Waals surface area (Å²) in [6, 6.07) is 3.42. The highest BCUT2D eigenvalue weighted by Gasteiger charge is 2.18. The monoisotopic (exact) mass is 285 g/mol. The zero-order valence-corrected chi connectivity index (χ0v) is 12.3. The van der Waals surface area contributed by atoms with Gasteiger partial charge in [0.05, 0.1) is 0 Å². The average Bonchev–Trinajstić information content (AvgIpc) is 2.77. The number of aryl methyl sites for hydroxylation is 3. The highest BCUT2D eigenvalue weighted by atomic mass is 16.4. The summed E-state index contributed by atoms with van der Waals surface area (Å²) in [5.74, 6) is 0.533. The molecular formula is C16H15NO4. The Morgan fingerprint density at radius 1 is 1.05 bits per heavy atom. The normalized spacial score (nSPS) is 12.5. The van der Waals surface area contributed by atoms with E-state index in [1.807, 2.05) is 26.8 Å². The molecule has 0 amide bonds. The number of hydrogen-bond donors (Lipinski definition) is 1. The maximum absolute atomic E-state index is 11.6. The van der Waals surface area contributed by atoms with Gasteiger partial charge < -0.3 is 14.0 Å². The number of rotatable bonds is 1. The van der Waals surface area contributed by atoms with Crippen LogP contribution in [0.4, 0.5) is 0 Å². The van der Waals surface area contributed by atoms with Gasteiger partial charge in [0.2, 0.25) is 0 Å². The van der Waals surface area contributed by atoms with Gasteiger partial charge in [0.1, 0.15) is 16.9 Å². The van der Waals surface area contributed by atoms with Crippen molar-refractivity contribution in [3.8, 4) is 0 Å². The topological polar surface area (TPSA) is 75.9 Å². The lowest BCUT2D eigenvalue weighted by molar-refractivity contribution is 0.318. The Balaban J connectivity index is 2.53. The van der Waals surface area contributed by atoms with Crippen molar-refractivity contribution in [3.05, 3.63) is 45.0 Å². The molecule has 0 fully saturated rings. The van der Waals surface area contributed by atoms with Gasteiger partial charge in [0, 0.05) is 28.0 Å². The number of nitrogens with zero attached hydrogens (tertiary/aromatic N) is 1. The van der Waals surface area contributed by atoms with E-state index in [9.17, 15) is 4.79 Å². The van der Waals surface area contributed by atoms with E-state index in [0.29, 0.717) is 22.6 Å². The molecule has 5 heteroatoms. The molecule has 0 radical (unpaired) electrons. The maximum atomic E-state index is 11.6. The van der Waals surface area contributed by atoms with Crippen LogP contribution in [-0.4, -0.2) is 10.9 Å². The first-order valence-corrected chi connectivity index (χ1v) is 6.60. The number of furan rings is 1. The van der Waals surface area contributed by atoms with Crippen molar-refractivity contribution in [2.45, 2.75) is 27.7 Å². The molecule has 0 unspecified atom stereocenters. The van der Waals surface area contributed by atoms with Crippen LogP contribution in [0.5, 0.6) is 0 Å². The van der Waals surface area contributed by atoms with Crippen molar-refractivity contribution in [3.63, 3.8) is 0 Å². The molecule has 2 aromatic heterocycles. The predicted octanol–water partition coefficient (Wildman–Crippen LogP) is 3.66. The van der Waals surface area contributed by atoms with E-state index in [-0.39, 0.29) is 5.63 Å². The Hall–Kier alpha value is -2.56. The van der Waals surface area contributed by atoms with E-state index in [2.05, 4.69) is 5.16 Å². The Kier molecular flexibility index (Phi) is 2.86. The van der Waals surface area contributed by atoms with E-state index in [1.54, 1.807) is 6.92 Å². The summed E-state index contributed by atoms with van der Waals surface area (Å²) < 4.78 is 11.1. The lowest BCUT2D eigenvalue weighted by Crippen LogP contribution is -1.99. The second-order valence-corrected chi connectivity index (χ2v) is 5.24. The highest BCUT2D eigenvalue weighted by molar-refractivity contribution is 6.06. The average molecular weight is 285 g/mol. The second-order valence-electron chi connectivity index (χ2n) is 5.24. The Labute approximate surface area is 120 Å². The first-order chi connectivity index (χ1) is 9.93.